The molecule has 0 atom stereocenters. The summed E-state index contributed by atoms with van der Waals surface area (Å²) in [4.78, 5) is 4.26. The van der Waals surface area contributed by atoms with Gasteiger partial charge in [0, 0.05) is 37.1 Å². The standard InChI is InChI=1S/C23H24N2O3S2/c1-28-21-6-2-17(3-7-21)18-4-8-22(9-5-18)30(26,27)25-15-20(16-25)24-12-10-23-19(14-24)11-13-29-23/h2-9,11,13,20H,10,12,14-16H2,1H3. The summed E-state index contributed by atoms with van der Waals surface area (Å²) < 4.78 is 32.8. The summed E-state index contributed by atoms with van der Waals surface area (Å²) in [6, 6.07) is 17.4. The molecular weight excluding hydrogens is 416 g/mol. The van der Waals surface area contributed by atoms with E-state index in [4.69, 9.17) is 4.74 Å². The molecule has 5 rings (SSSR count). The molecular formula is C23H24N2O3S2. The van der Waals surface area contributed by atoms with Crippen LogP contribution in [-0.2, 0) is 23.0 Å². The molecule has 1 aromatic heterocycles. The van der Waals surface area contributed by atoms with Gasteiger partial charge < -0.3 is 4.74 Å². The number of rotatable bonds is 5. The van der Waals surface area contributed by atoms with Gasteiger partial charge in [-0.2, -0.15) is 4.31 Å². The van der Waals surface area contributed by atoms with E-state index in [1.165, 1.54) is 10.4 Å². The molecule has 0 unspecified atom stereocenters. The minimum absolute atomic E-state index is 0.311. The predicted molar refractivity (Wildman–Crippen MR) is 119 cm³/mol. The average Bonchev–Trinajstić information content (AvgIpc) is 3.21. The summed E-state index contributed by atoms with van der Waals surface area (Å²) in [7, 11) is -1.81. The molecule has 1 saturated heterocycles. The molecule has 3 heterocycles. The second-order valence-corrected chi connectivity index (χ2v) is 10.8. The lowest BCUT2D eigenvalue weighted by Crippen LogP contribution is -2.61. The van der Waals surface area contributed by atoms with Gasteiger partial charge in [0.05, 0.1) is 12.0 Å². The Balaban J connectivity index is 1.25. The van der Waals surface area contributed by atoms with Crippen molar-refractivity contribution in [3.8, 4) is 16.9 Å². The Labute approximate surface area is 181 Å². The van der Waals surface area contributed by atoms with Crippen molar-refractivity contribution in [3.63, 3.8) is 0 Å². The van der Waals surface area contributed by atoms with E-state index >= 15 is 0 Å². The average molecular weight is 441 g/mol. The number of thiophene rings is 1. The second kappa shape index (κ2) is 7.81. The zero-order valence-electron chi connectivity index (χ0n) is 16.8. The fourth-order valence-electron chi connectivity index (χ4n) is 4.18. The Morgan fingerprint density at radius 3 is 2.30 bits per heavy atom. The van der Waals surface area contributed by atoms with Crippen molar-refractivity contribution < 1.29 is 13.2 Å². The first-order chi connectivity index (χ1) is 14.5. The Morgan fingerprint density at radius 1 is 0.967 bits per heavy atom. The van der Waals surface area contributed by atoms with Crippen LogP contribution < -0.4 is 4.74 Å². The highest BCUT2D eigenvalue weighted by Crippen LogP contribution is 2.31. The molecule has 2 aliphatic rings. The zero-order valence-corrected chi connectivity index (χ0v) is 18.5. The van der Waals surface area contributed by atoms with E-state index in [1.54, 1.807) is 23.5 Å². The summed E-state index contributed by atoms with van der Waals surface area (Å²) in [6.07, 6.45) is 1.07. The van der Waals surface area contributed by atoms with E-state index in [0.717, 1.165) is 36.4 Å². The van der Waals surface area contributed by atoms with E-state index < -0.39 is 10.0 Å². The monoisotopic (exact) mass is 440 g/mol. The summed E-state index contributed by atoms with van der Waals surface area (Å²) >= 11 is 1.83. The SMILES string of the molecule is COc1ccc(-c2ccc(S(=O)(=O)N3CC(N4CCc5sccc5C4)C3)cc2)cc1. The lowest BCUT2D eigenvalue weighted by Gasteiger charge is -2.45. The lowest BCUT2D eigenvalue weighted by molar-refractivity contribution is 0.0775. The van der Waals surface area contributed by atoms with Gasteiger partial charge in [0.15, 0.2) is 0 Å². The molecule has 0 saturated carbocycles. The molecule has 3 aromatic rings. The van der Waals surface area contributed by atoms with Gasteiger partial charge >= 0.3 is 0 Å². The first kappa shape index (κ1) is 19.8. The Morgan fingerprint density at radius 2 is 1.63 bits per heavy atom. The number of fused-ring (bicyclic) bond motifs is 1. The van der Waals surface area contributed by atoms with Crippen LogP contribution in [0.15, 0.2) is 64.9 Å². The van der Waals surface area contributed by atoms with Crippen LogP contribution in [0.5, 0.6) is 5.75 Å². The van der Waals surface area contributed by atoms with Gasteiger partial charge in [-0.3, -0.25) is 4.90 Å². The number of sulfonamides is 1. The van der Waals surface area contributed by atoms with Gasteiger partial charge in [0.25, 0.3) is 0 Å². The second-order valence-electron chi connectivity index (χ2n) is 7.82. The highest BCUT2D eigenvalue weighted by atomic mass is 32.2. The first-order valence-corrected chi connectivity index (χ1v) is 12.4. The minimum Gasteiger partial charge on any atom is -0.497 e. The van der Waals surface area contributed by atoms with Crippen LogP contribution in [0.25, 0.3) is 11.1 Å². The fourth-order valence-corrected chi connectivity index (χ4v) is 6.58. The topological polar surface area (TPSA) is 49.9 Å². The molecule has 0 bridgehead atoms. The summed E-state index contributed by atoms with van der Waals surface area (Å²) in [5, 5.41) is 2.15. The zero-order chi connectivity index (χ0) is 20.7. The summed E-state index contributed by atoms with van der Waals surface area (Å²) in [5.74, 6) is 0.800. The highest BCUT2D eigenvalue weighted by Gasteiger charge is 2.40. The van der Waals surface area contributed by atoms with E-state index in [0.29, 0.717) is 24.0 Å². The smallest absolute Gasteiger partial charge is 0.243 e. The number of benzene rings is 2. The quantitative estimate of drug-likeness (QED) is 0.605. The van der Waals surface area contributed by atoms with Crippen molar-refractivity contribution in [2.75, 3.05) is 26.7 Å². The van der Waals surface area contributed by atoms with Crippen molar-refractivity contribution >= 4 is 21.4 Å². The molecule has 156 valence electrons. The maximum absolute atomic E-state index is 13.0. The molecule has 7 heteroatoms. The largest absolute Gasteiger partial charge is 0.497 e. The molecule has 5 nitrogen and oxygen atoms in total. The van der Waals surface area contributed by atoms with Crippen LogP contribution in [0, 0.1) is 0 Å². The molecule has 0 aliphatic carbocycles. The summed E-state index contributed by atoms with van der Waals surface area (Å²) in [6.45, 7) is 3.10. The third-order valence-corrected chi connectivity index (χ3v) is 8.97. The van der Waals surface area contributed by atoms with Crippen LogP contribution in [0.1, 0.15) is 10.4 Å². The Kier molecular flexibility index (Phi) is 5.14. The van der Waals surface area contributed by atoms with E-state index in [-0.39, 0.29) is 0 Å². The van der Waals surface area contributed by atoms with Crippen LogP contribution in [0.3, 0.4) is 0 Å². The van der Waals surface area contributed by atoms with Gasteiger partial charge in [-0.25, -0.2) is 8.42 Å². The van der Waals surface area contributed by atoms with Crippen LogP contribution >= 0.6 is 11.3 Å². The highest BCUT2D eigenvalue weighted by molar-refractivity contribution is 7.89. The van der Waals surface area contributed by atoms with Gasteiger partial charge in [0.2, 0.25) is 10.0 Å². The molecule has 0 N–H and O–H groups in total. The number of ether oxygens (including phenoxy) is 1. The van der Waals surface area contributed by atoms with Gasteiger partial charge in [0.1, 0.15) is 5.75 Å². The maximum Gasteiger partial charge on any atom is 0.243 e. The van der Waals surface area contributed by atoms with Crippen molar-refractivity contribution in [2.24, 2.45) is 0 Å². The van der Waals surface area contributed by atoms with E-state index in [1.807, 2.05) is 47.7 Å². The first-order valence-electron chi connectivity index (χ1n) is 10.1. The van der Waals surface area contributed by atoms with Gasteiger partial charge in [-0.15, -0.1) is 11.3 Å². The fraction of sp³-hybridized carbons (Fsp3) is 0.304. The molecule has 0 spiro atoms. The summed E-state index contributed by atoms with van der Waals surface area (Å²) in [5.41, 5.74) is 3.42. The van der Waals surface area contributed by atoms with Crippen LogP contribution in [0.2, 0.25) is 0 Å². The predicted octanol–water partition coefficient (Wildman–Crippen LogP) is 3.85. The van der Waals surface area contributed by atoms with Crippen LogP contribution in [-0.4, -0.2) is 50.4 Å². The van der Waals surface area contributed by atoms with Crippen molar-refractivity contribution in [1.29, 1.82) is 0 Å². The number of nitrogens with zero attached hydrogens (tertiary/aromatic N) is 2. The van der Waals surface area contributed by atoms with Crippen molar-refractivity contribution in [2.45, 2.75) is 23.9 Å². The number of hydrogen-bond acceptors (Lipinski definition) is 5. The van der Waals surface area contributed by atoms with Crippen molar-refractivity contribution in [1.82, 2.24) is 9.21 Å². The van der Waals surface area contributed by atoms with Gasteiger partial charge in [-0.1, -0.05) is 24.3 Å². The van der Waals surface area contributed by atoms with E-state index in [2.05, 4.69) is 16.3 Å². The normalized spacial score (nSPS) is 18.0. The molecule has 0 amide bonds. The van der Waals surface area contributed by atoms with E-state index in [9.17, 15) is 8.42 Å². The van der Waals surface area contributed by atoms with Crippen molar-refractivity contribution in [3.05, 3.63) is 70.4 Å². The molecule has 2 aromatic carbocycles. The van der Waals surface area contributed by atoms with Gasteiger partial charge in [-0.05, 0) is 58.8 Å². The van der Waals surface area contributed by atoms with Crippen LogP contribution in [0.4, 0.5) is 0 Å². The molecule has 30 heavy (non-hydrogen) atoms. The Bertz CT molecular complexity index is 1130. The Hall–Kier alpha value is -2.19. The minimum atomic E-state index is -3.44. The molecule has 2 aliphatic heterocycles. The third kappa shape index (κ3) is 3.56. The number of hydrogen-bond donors (Lipinski definition) is 0. The number of methoxy groups -OCH3 is 1. The maximum atomic E-state index is 13.0. The lowest BCUT2D eigenvalue weighted by atomic mass is 10.0. The third-order valence-electron chi connectivity index (χ3n) is 6.10. The molecule has 0 radical (unpaired) electrons. The molecule has 1 fully saturated rings.